The molecule has 0 aromatic heterocycles. The summed E-state index contributed by atoms with van der Waals surface area (Å²) < 4.78 is 30.6. The maximum Gasteiger partial charge on any atom is 0.322 e. The van der Waals surface area contributed by atoms with E-state index in [1.807, 2.05) is 0 Å². The van der Waals surface area contributed by atoms with Crippen molar-refractivity contribution in [3.05, 3.63) is 0 Å². The van der Waals surface area contributed by atoms with Gasteiger partial charge < -0.3 is 10.5 Å². The molecular weight excluding hydrogens is 228 g/mol. The van der Waals surface area contributed by atoms with E-state index in [-0.39, 0.29) is 24.7 Å². The zero-order chi connectivity index (χ0) is 10.8. The van der Waals surface area contributed by atoms with E-state index >= 15 is 0 Å². The molecule has 0 radical (unpaired) electrons. The molecule has 90 valence electrons. The van der Waals surface area contributed by atoms with Crippen LogP contribution >= 0.6 is 12.4 Å². The van der Waals surface area contributed by atoms with Crippen molar-refractivity contribution in [3.63, 3.8) is 0 Å². The molecule has 0 amide bonds. The zero-order valence-corrected chi connectivity index (χ0v) is 9.36. The van der Waals surface area contributed by atoms with Crippen molar-refractivity contribution in [2.75, 3.05) is 7.11 Å². The van der Waals surface area contributed by atoms with Gasteiger partial charge in [0, 0.05) is 12.8 Å². The van der Waals surface area contributed by atoms with Crippen molar-refractivity contribution in [3.8, 4) is 0 Å². The molecule has 1 atom stereocenters. The number of carbonyl (C=O) groups is 1. The molecule has 1 rings (SSSR count). The number of halogens is 3. The van der Waals surface area contributed by atoms with E-state index in [4.69, 9.17) is 5.73 Å². The van der Waals surface area contributed by atoms with E-state index in [1.54, 1.807) is 0 Å². The summed E-state index contributed by atoms with van der Waals surface area (Å²) >= 11 is 0. The molecule has 0 unspecified atom stereocenters. The fourth-order valence-electron chi connectivity index (χ4n) is 1.38. The van der Waals surface area contributed by atoms with Crippen molar-refractivity contribution in [2.45, 2.75) is 37.6 Å². The van der Waals surface area contributed by atoms with Crippen LogP contribution in [0.4, 0.5) is 8.78 Å². The number of alkyl halides is 2. The van der Waals surface area contributed by atoms with Gasteiger partial charge in [-0.3, -0.25) is 4.79 Å². The number of methoxy groups -OCH3 is 1. The van der Waals surface area contributed by atoms with Crippen molar-refractivity contribution >= 4 is 18.4 Å². The fourth-order valence-corrected chi connectivity index (χ4v) is 1.38. The van der Waals surface area contributed by atoms with Crippen molar-refractivity contribution in [1.82, 2.24) is 0 Å². The van der Waals surface area contributed by atoms with E-state index in [0.717, 1.165) is 20.0 Å². The number of nitrogens with two attached hydrogens (primary N) is 1. The molecule has 1 aliphatic rings. The van der Waals surface area contributed by atoms with Crippen LogP contribution in [0.15, 0.2) is 0 Å². The molecule has 1 aliphatic carbocycles. The van der Waals surface area contributed by atoms with Gasteiger partial charge in [-0.2, -0.15) is 0 Å². The molecule has 0 aromatic rings. The highest BCUT2D eigenvalue weighted by atomic mass is 35.5. The maximum absolute atomic E-state index is 13.2. The lowest BCUT2D eigenvalue weighted by atomic mass is 10.0. The molecule has 0 saturated heterocycles. The minimum Gasteiger partial charge on any atom is -0.468 e. The molecule has 0 bridgehead atoms. The van der Waals surface area contributed by atoms with Crippen LogP contribution in [-0.4, -0.2) is 25.0 Å². The van der Waals surface area contributed by atoms with Crippen LogP contribution in [0, 0.1) is 5.92 Å². The van der Waals surface area contributed by atoms with Gasteiger partial charge in [-0.15, -0.1) is 12.4 Å². The fraction of sp³-hybridized carbons (Fsp3) is 0.889. The molecule has 0 aromatic carbocycles. The Kier molecular flexibility index (Phi) is 5.45. The second-order valence-corrected chi connectivity index (χ2v) is 3.84. The molecule has 0 aliphatic heterocycles. The van der Waals surface area contributed by atoms with Crippen LogP contribution in [0.5, 0.6) is 0 Å². The van der Waals surface area contributed by atoms with Gasteiger partial charge in [-0.05, 0) is 18.8 Å². The third kappa shape index (κ3) is 5.28. The van der Waals surface area contributed by atoms with Crippen LogP contribution in [0.3, 0.4) is 0 Å². The lowest BCUT2D eigenvalue weighted by Gasteiger charge is -2.18. The lowest BCUT2D eigenvalue weighted by molar-refractivity contribution is -0.145. The van der Waals surface area contributed by atoms with E-state index in [9.17, 15) is 13.6 Å². The van der Waals surface area contributed by atoms with Gasteiger partial charge >= 0.3 is 5.97 Å². The Morgan fingerprint density at radius 2 is 2.13 bits per heavy atom. The van der Waals surface area contributed by atoms with Gasteiger partial charge in [0.05, 0.1) is 7.11 Å². The van der Waals surface area contributed by atoms with E-state index in [2.05, 4.69) is 4.74 Å². The van der Waals surface area contributed by atoms with Gasteiger partial charge in [-0.1, -0.05) is 0 Å². The van der Waals surface area contributed by atoms with Gasteiger partial charge in [0.25, 0.3) is 5.92 Å². The molecule has 0 heterocycles. The summed E-state index contributed by atoms with van der Waals surface area (Å²) in [4.78, 5) is 10.8. The molecule has 0 spiro atoms. The van der Waals surface area contributed by atoms with Crippen LogP contribution in [0.1, 0.15) is 25.7 Å². The van der Waals surface area contributed by atoms with Crippen molar-refractivity contribution < 1.29 is 18.3 Å². The standard InChI is InChI=1S/C9H15F2NO2.ClH/c1-14-8(13)7(12)5-9(10,11)4-6-2-3-6;/h6-7H,2-5,12H2,1H3;1H/t7-;/m1./s1. The molecule has 3 nitrogen and oxygen atoms in total. The summed E-state index contributed by atoms with van der Waals surface area (Å²) in [5.74, 6) is -3.50. The Morgan fingerprint density at radius 1 is 1.60 bits per heavy atom. The Labute approximate surface area is 93.8 Å². The Balaban J connectivity index is 0.00000196. The third-order valence-electron chi connectivity index (χ3n) is 2.31. The lowest BCUT2D eigenvalue weighted by Crippen LogP contribution is -2.37. The van der Waals surface area contributed by atoms with Crippen molar-refractivity contribution in [2.24, 2.45) is 11.7 Å². The largest absolute Gasteiger partial charge is 0.468 e. The summed E-state index contributed by atoms with van der Waals surface area (Å²) in [6, 6.07) is -1.21. The summed E-state index contributed by atoms with van der Waals surface area (Å²) in [6.45, 7) is 0. The number of hydrogen-bond donors (Lipinski definition) is 1. The van der Waals surface area contributed by atoms with Crippen molar-refractivity contribution in [1.29, 1.82) is 0 Å². The predicted molar refractivity (Wildman–Crippen MR) is 54.1 cm³/mol. The van der Waals surface area contributed by atoms with E-state index < -0.39 is 24.4 Å². The quantitative estimate of drug-likeness (QED) is 0.749. The minimum absolute atomic E-state index is 0. The topological polar surface area (TPSA) is 52.3 Å². The Hall–Kier alpha value is -0.420. The average Bonchev–Trinajstić information content (AvgIpc) is 2.84. The first-order valence-electron chi connectivity index (χ1n) is 4.66. The molecule has 1 saturated carbocycles. The van der Waals surface area contributed by atoms with Gasteiger partial charge in [0.15, 0.2) is 0 Å². The van der Waals surface area contributed by atoms with Crippen LogP contribution in [-0.2, 0) is 9.53 Å². The predicted octanol–water partition coefficient (Wildman–Crippen LogP) is 1.73. The molecule has 2 N–H and O–H groups in total. The first-order valence-corrected chi connectivity index (χ1v) is 4.66. The Bertz CT molecular complexity index is 222. The summed E-state index contributed by atoms with van der Waals surface area (Å²) in [6.07, 6.45) is 0.958. The second kappa shape index (κ2) is 5.61. The Morgan fingerprint density at radius 3 is 2.53 bits per heavy atom. The van der Waals surface area contributed by atoms with Gasteiger partial charge in [0.2, 0.25) is 0 Å². The van der Waals surface area contributed by atoms with E-state index in [1.165, 1.54) is 0 Å². The summed E-state index contributed by atoms with van der Waals surface area (Å²) in [5, 5.41) is 0. The highest BCUT2D eigenvalue weighted by Crippen LogP contribution is 2.40. The average molecular weight is 244 g/mol. The summed E-state index contributed by atoms with van der Waals surface area (Å²) in [7, 11) is 1.14. The summed E-state index contributed by atoms with van der Waals surface area (Å²) in [5.41, 5.74) is 5.26. The minimum atomic E-state index is -2.84. The molecular formula is C9H16ClF2NO2. The number of rotatable bonds is 5. The van der Waals surface area contributed by atoms with Gasteiger partial charge in [0.1, 0.15) is 6.04 Å². The highest BCUT2D eigenvalue weighted by molar-refractivity contribution is 5.85. The SMILES string of the molecule is COC(=O)[C@H](N)CC(F)(F)CC1CC1.Cl. The van der Waals surface area contributed by atoms with Crippen LogP contribution in [0.2, 0.25) is 0 Å². The van der Waals surface area contributed by atoms with Crippen LogP contribution < -0.4 is 5.73 Å². The molecule has 6 heteroatoms. The highest BCUT2D eigenvalue weighted by Gasteiger charge is 2.39. The normalized spacial score (nSPS) is 17.9. The smallest absolute Gasteiger partial charge is 0.322 e. The molecule has 1 fully saturated rings. The first kappa shape index (κ1) is 14.6. The second-order valence-electron chi connectivity index (χ2n) is 3.84. The number of ether oxygens (including phenoxy) is 1. The number of esters is 1. The number of carbonyl (C=O) groups excluding carboxylic acids is 1. The van der Waals surface area contributed by atoms with Crippen LogP contribution in [0.25, 0.3) is 0 Å². The van der Waals surface area contributed by atoms with Gasteiger partial charge in [-0.25, -0.2) is 8.78 Å². The monoisotopic (exact) mass is 243 g/mol. The maximum atomic E-state index is 13.2. The van der Waals surface area contributed by atoms with E-state index in [0.29, 0.717) is 0 Å². The first-order chi connectivity index (χ1) is 6.44. The zero-order valence-electron chi connectivity index (χ0n) is 8.54. The molecule has 15 heavy (non-hydrogen) atoms. The number of hydrogen-bond acceptors (Lipinski definition) is 3. The third-order valence-corrected chi connectivity index (χ3v) is 2.31.